The van der Waals surface area contributed by atoms with Gasteiger partial charge in [-0.1, -0.05) is 13.0 Å². The van der Waals surface area contributed by atoms with Gasteiger partial charge in [0.25, 0.3) is 0 Å². The third kappa shape index (κ3) is 3.23. The molecule has 0 aliphatic heterocycles. The number of methoxy groups -OCH3 is 1. The quantitative estimate of drug-likeness (QED) is 0.842. The van der Waals surface area contributed by atoms with Crippen LogP contribution in [0.25, 0.3) is 0 Å². The van der Waals surface area contributed by atoms with Crippen LogP contribution in [0.3, 0.4) is 0 Å². The van der Waals surface area contributed by atoms with E-state index in [4.69, 9.17) is 10.5 Å². The number of carbonyl (C=O) groups excluding carboxylic acids is 1. The summed E-state index contributed by atoms with van der Waals surface area (Å²) >= 11 is 0. The fourth-order valence-corrected chi connectivity index (χ4v) is 1.93. The number of amides is 1. The lowest BCUT2D eigenvalue weighted by Gasteiger charge is -2.17. The van der Waals surface area contributed by atoms with Gasteiger partial charge in [-0.25, -0.2) is 0 Å². The Kier molecular flexibility index (Phi) is 5.16. The van der Waals surface area contributed by atoms with Gasteiger partial charge in [0.05, 0.1) is 18.7 Å². The number of ether oxygens (including phenoxy) is 1. The van der Waals surface area contributed by atoms with Gasteiger partial charge in [0.15, 0.2) is 0 Å². The van der Waals surface area contributed by atoms with Crippen LogP contribution in [0.15, 0.2) is 12.1 Å². The highest BCUT2D eigenvalue weighted by molar-refractivity contribution is 5.95. The number of carbonyl (C=O) groups is 1. The molecule has 0 aliphatic carbocycles. The van der Waals surface area contributed by atoms with Crippen LogP contribution in [0.1, 0.15) is 24.5 Å². The standard InChI is InChI=1S/C14H22N2O2/c1-5-11(8-15)14(17)16-13-10(3)6-9(2)7-12(13)18-4/h6-7,11H,5,8,15H2,1-4H3,(H,16,17). The van der Waals surface area contributed by atoms with Gasteiger partial charge in [-0.15, -0.1) is 0 Å². The summed E-state index contributed by atoms with van der Waals surface area (Å²) in [5.41, 5.74) is 8.41. The highest BCUT2D eigenvalue weighted by atomic mass is 16.5. The van der Waals surface area contributed by atoms with E-state index in [-0.39, 0.29) is 11.8 Å². The molecule has 0 heterocycles. The third-order valence-corrected chi connectivity index (χ3v) is 3.06. The average molecular weight is 250 g/mol. The molecule has 100 valence electrons. The van der Waals surface area contributed by atoms with E-state index < -0.39 is 0 Å². The Balaban J connectivity index is 3.00. The second-order valence-electron chi connectivity index (χ2n) is 4.49. The number of benzene rings is 1. The topological polar surface area (TPSA) is 64.4 Å². The molecule has 0 saturated heterocycles. The molecule has 4 nitrogen and oxygen atoms in total. The highest BCUT2D eigenvalue weighted by Crippen LogP contribution is 2.30. The molecule has 1 atom stereocenters. The Labute approximate surface area is 109 Å². The number of nitrogens with one attached hydrogen (secondary N) is 1. The minimum Gasteiger partial charge on any atom is -0.495 e. The van der Waals surface area contributed by atoms with Crippen LogP contribution in [-0.4, -0.2) is 19.6 Å². The summed E-state index contributed by atoms with van der Waals surface area (Å²) in [6.07, 6.45) is 0.732. The minimum atomic E-state index is -0.157. The van der Waals surface area contributed by atoms with Crippen LogP contribution in [0.5, 0.6) is 5.75 Å². The number of hydrogen-bond donors (Lipinski definition) is 2. The van der Waals surface area contributed by atoms with Gasteiger partial charge in [-0.3, -0.25) is 4.79 Å². The van der Waals surface area contributed by atoms with Gasteiger partial charge in [-0.05, 0) is 37.5 Å². The van der Waals surface area contributed by atoms with Crippen LogP contribution in [0, 0.1) is 19.8 Å². The summed E-state index contributed by atoms with van der Waals surface area (Å²) < 4.78 is 5.31. The monoisotopic (exact) mass is 250 g/mol. The zero-order valence-electron chi connectivity index (χ0n) is 11.5. The van der Waals surface area contributed by atoms with Crippen LogP contribution in [0.2, 0.25) is 0 Å². The fraction of sp³-hybridized carbons (Fsp3) is 0.500. The van der Waals surface area contributed by atoms with Crippen molar-refractivity contribution in [1.29, 1.82) is 0 Å². The van der Waals surface area contributed by atoms with Gasteiger partial charge in [-0.2, -0.15) is 0 Å². The van der Waals surface area contributed by atoms with Crippen LogP contribution in [0.4, 0.5) is 5.69 Å². The maximum Gasteiger partial charge on any atom is 0.228 e. The molecule has 1 unspecified atom stereocenters. The van der Waals surface area contributed by atoms with Crippen molar-refractivity contribution < 1.29 is 9.53 Å². The zero-order valence-corrected chi connectivity index (χ0v) is 11.5. The first kappa shape index (κ1) is 14.5. The number of hydrogen-bond acceptors (Lipinski definition) is 3. The van der Waals surface area contributed by atoms with E-state index in [1.165, 1.54) is 0 Å². The molecule has 3 N–H and O–H groups in total. The molecule has 0 aromatic heterocycles. The highest BCUT2D eigenvalue weighted by Gasteiger charge is 2.17. The van der Waals surface area contributed by atoms with E-state index in [0.717, 1.165) is 23.2 Å². The summed E-state index contributed by atoms with van der Waals surface area (Å²) in [4.78, 5) is 12.0. The molecule has 0 spiro atoms. The summed E-state index contributed by atoms with van der Waals surface area (Å²) in [5.74, 6) is 0.480. The van der Waals surface area contributed by atoms with Gasteiger partial charge < -0.3 is 15.8 Å². The maximum atomic E-state index is 12.0. The lowest BCUT2D eigenvalue weighted by atomic mass is 10.0. The van der Waals surface area contributed by atoms with Crippen molar-refractivity contribution in [2.75, 3.05) is 19.0 Å². The largest absolute Gasteiger partial charge is 0.495 e. The summed E-state index contributed by atoms with van der Waals surface area (Å²) in [6.45, 7) is 6.26. The SMILES string of the molecule is CCC(CN)C(=O)Nc1c(C)cc(C)cc1OC. The molecule has 1 aromatic rings. The third-order valence-electron chi connectivity index (χ3n) is 3.06. The number of anilines is 1. The molecule has 1 rings (SSSR count). The average Bonchev–Trinajstić information content (AvgIpc) is 2.33. The first-order chi connectivity index (χ1) is 8.53. The normalized spacial score (nSPS) is 12.1. The predicted molar refractivity (Wildman–Crippen MR) is 73.9 cm³/mol. The second kappa shape index (κ2) is 6.40. The van der Waals surface area contributed by atoms with E-state index in [9.17, 15) is 4.79 Å². The summed E-state index contributed by atoms with van der Waals surface area (Å²) in [7, 11) is 1.60. The van der Waals surface area contributed by atoms with E-state index in [1.54, 1.807) is 7.11 Å². The first-order valence-corrected chi connectivity index (χ1v) is 6.19. The van der Waals surface area contributed by atoms with Crippen molar-refractivity contribution in [2.24, 2.45) is 11.7 Å². The Morgan fingerprint density at radius 1 is 1.44 bits per heavy atom. The molecule has 18 heavy (non-hydrogen) atoms. The van der Waals surface area contributed by atoms with Crippen molar-refractivity contribution in [3.63, 3.8) is 0 Å². The molecule has 0 saturated carbocycles. The molecular weight excluding hydrogens is 228 g/mol. The van der Waals surface area contributed by atoms with Gasteiger partial charge in [0.2, 0.25) is 5.91 Å². The predicted octanol–water partition coefficient (Wildman–Crippen LogP) is 2.24. The zero-order chi connectivity index (χ0) is 13.7. The fourth-order valence-electron chi connectivity index (χ4n) is 1.93. The van der Waals surface area contributed by atoms with E-state index >= 15 is 0 Å². The maximum absolute atomic E-state index is 12.0. The first-order valence-electron chi connectivity index (χ1n) is 6.19. The molecule has 0 aliphatic rings. The van der Waals surface area contributed by atoms with E-state index in [2.05, 4.69) is 5.32 Å². The van der Waals surface area contributed by atoms with Crippen LogP contribution in [-0.2, 0) is 4.79 Å². The number of aryl methyl sites for hydroxylation is 2. The van der Waals surface area contributed by atoms with Crippen molar-refractivity contribution in [3.8, 4) is 5.75 Å². The van der Waals surface area contributed by atoms with Crippen molar-refractivity contribution >= 4 is 11.6 Å². The molecule has 0 bridgehead atoms. The molecule has 1 amide bonds. The molecule has 1 aromatic carbocycles. The van der Waals surface area contributed by atoms with Gasteiger partial charge >= 0.3 is 0 Å². The Bertz CT molecular complexity index is 426. The lowest BCUT2D eigenvalue weighted by molar-refractivity contribution is -0.119. The van der Waals surface area contributed by atoms with Gasteiger partial charge in [0.1, 0.15) is 5.75 Å². The Hall–Kier alpha value is -1.55. The number of nitrogens with two attached hydrogens (primary N) is 1. The van der Waals surface area contributed by atoms with Crippen molar-refractivity contribution in [3.05, 3.63) is 23.3 Å². The van der Waals surface area contributed by atoms with Crippen molar-refractivity contribution in [2.45, 2.75) is 27.2 Å². The van der Waals surface area contributed by atoms with E-state index in [0.29, 0.717) is 12.3 Å². The lowest BCUT2D eigenvalue weighted by Crippen LogP contribution is -2.29. The molecule has 0 radical (unpaired) electrons. The Morgan fingerprint density at radius 2 is 2.11 bits per heavy atom. The van der Waals surface area contributed by atoms with Crippen LogP contribution >= 0.6 is 0 Å². The van der Waals surface area contributed by atoms with E-state index in [1.807, 2.05) is 32.9 Å². The molecule has 4 heteroatoms. The summed E-state index contributed by atoms with van der Waals surface area (Å²) in [5, 5.41) is 2.91. The molecular formula is C14H22N2O2. The number of rotatable bonds is 5. The summed E-state index contributed by atoms with van der Waals surface area (Å²) in [6, 6.07) is 3.92. The smallest absolute Gasteiger partial charge is 0.228 e. The Morgan fingerprint density at radius 3 is 2.61 bits per heavy atom. The van der Waals surface area contributed by atoms with Crippen molar-refractivity contribution in [1.82, 2.24) is 0 Å². The van der Waals surface area contributed by atoms with Gasteiger partial charge in [0, 0.05) is 6.54 Å². The second-order valence-corrected chi connectivity index (χ2v) is 4.49. The van der Waals surface area contributed by atoms with Crippen LogP contribution < -0.4 is 15.8 Å². The molecule has 0 fully saturated rings. The minimum absolute atomic E-state index is 0.0507.